The molecule has 0 N–H and O–H groups in total. The third-order valence-corrected chi connectivity index (χ3v) is 9.91. The Bertz CT molecular complexity index is 1450. The van der Waals surface area contributed by atoms with E-state index in [0.29, 0.717) is 12.8 Å². The van der Waals surface area contributed by atoms with Crippen molar-refractivity contribution in [3.05, 3.63) is 41.1 Å². The molecule has 7 rings (SSSR count). The summed E-state index contributed by atoms with van der Waals surface area (Å²) >= 11 is 0. The largest absolute Gasteiger partial charge is 0.494 e. The second-order valence-electron chi connectivity index (χ2n) is 14.2. The van der Waals surface area contributed by atoms with E-state index in [2.05, 4.69) is 24.0 Å². The summed E-state index contributed by atoms with van der Waals surface area (Å²) in [7, 11) is 0.916. The summed E-state index contributed by atoms with van der Waals surface area (Å²) in [4.78, 5) is 30.7. The minimum absolute atomic E-state index is 0.167. The van der Waals surface area contributed by atoms with Gasteiger partial charge in [0.15, 0.2) is 0 Å². The number of esters is 1. The van der Waals surface area contributed by atoms with Crippen LogP contribution in [-0.2, 0) is 35.4 Å². The van der Waals surface area contributed by atoms with E-state index in [9.17, 15) is 9.59 Å². The zero-order chi connectivity index (χ0) is 29.7. The molecule has 1 aromatic heterocycles. The number of ether oxygens (including phenoxy) is 2. The minimum atomic E-state index is -1.02. The van der Waals surface area contributed by atoms with Crippen molar-refractivity contribution in [2.75, 3.05) is 20.2 Å². The van der Waals surface area contributed by atoms with Crippen LogP contribution >= 0.6 is 0 Å². The number of carbonyl (C=O) groups excluding carboxylic acids is 2. The summed E-state index contributed by atoms with van der Waals surface area (Å²) in [5, 5.41) is 0.924. The van der Waals surface area contributed by atoms with Crippen LogP contribution in [0.5, 0.6) is 0 Å². The van der Waals surface area contributed by atoms with Crippen LogP contribution in [-0.4, -0.2) is 71.7 Å². The lowest BCUT2D eigenvalue weighted by molar-refractivity contribution is -0.154. The Hall–Kier alpha value is -2.62. The first-order valence-corrected chi connectivity index (χ1v) is 14.9. The number of aromatic nitrogens is 1. The van der Waals surface area contributed by atoms with E-state index in [4.69, 9.17) is 18.8 Å². The summed E-state index contributed by atoms with van der Waals surface area (Å²) in [6, 6.07) is 5.84. The number of hydrogen-bond acceptors (Lipinski definition) is 7. The van der Waals surface area contributed by atoms with Crippen LogP contribution in [0.3, 0.4) is 0 Å². The minimum Gasteiger partial charge on any atom is -0.468 e. The molecule has 8 nitrogen and oxygen atoms in total. The lowest BCUT2D eigenvalue weighted by atomic mass is 9.60. The molecule has 2 aromatic rings. The third-order valence-electron chi connectivity index (χ3n) is 9.91. The number of rotatable bonds is 3. The Morgan fingerprint density at radius 1 is 1.12 bits per heavy atom. The Balaban J connectivity index is 1.63. The topological polar surface area (TPSA) is 79.2 Å². The van der Waals surface area contributed by atoms with E-state index in [-0.39, 0.29) is 17.9 Å². The molecule has 41 heavy (non-hydrogen) atoms. The van der Waals surface area contributed by atoms with Gasteiger partial charge in [-0.3, -0.25) is 9.69 Å². The van der Waals surface area contributed by atoms with Crippen molar-refractivity contribution in [1.29, 1.82) is 0 Å². The van der Waals surface area contributed by atoms with Crippen LogP contribution in [0.1, 0.15) is 79.5 Å². The molecule has 0 spiro atoms. The number of benzene rings is 1. The van der Waals surface area contributed by atoms with E-state index in [1.165, 1.54) is 12.7 Å². The van der Waals surface area contributed by atoms with Crippen LogP contribution in [0.4, 0.5) is 4.79 Å². The molecule has 2 fully saturated rings. The van der Waals surface area contributed by atoms with Crippen molar-refractivity contribution in [1.82, 2.24) is 9.47 Å². The maximum absolute atomic E-state index is 14.1. The van der Waals surface area contributed by atoms with Crippen molar-refractivity contribution < 1.29 is 28.4 Å². The fourth-order valence-corrected chi connectivity index (χ4v) is 7.57. The molecule has 4 aliphatic heterocycles. The Morgan fingerprint density at radius 3 is 2.41 bits per heavy atom. The lowest BCUT2D eigenvalue weighted by Gasteiger charge is -2.54. The Morgan fingerprint density at radius 2 is 1.80 bits per heavy atom. The molecule has 1 aromatic carbocycles. The number of piperidine rings is 1. The first-order valence-electron chi connectivity index (χ1n) is 14.9. The molecule has 0 saturated carbocycles. The molecule has 5 aliphatic rings. The van der Waals surface area contributed by atoms with Gasteiger partial charge in [-0.15, -0.1) is 0 Å². The fourth-order valence-electron chi connectivity index (χ4n) is 7.57. The van der Waals surface area contributed by atoms with Gasteiger partial charge in [-0.1, -0.05) is 30.7 Å². The first-order chi connectivity index (χ1) is 19.1. The molecule has 4 unspecified atom stereocenters. The number of hydrogen-bond donors (Lipinski definition) is 0. The summed E-state index contributed by atoms with van der Waals surface area (Å²) < 4.78 is 26.1. The fraction of sp³-hybridized carbons (Fsp3) is 0.625. The Kier molecular flexibility index (Phi) is 6.39. The molecule has 2 saturated heterocycles. The maximum Gasteiger partial charge on any atom is 0.494 e. The monoisotopic (exact) mass is 562 g/mol. The van der Waals surface area contributed by atoms with Crippen LogP contribution in [0, 0.1) is 5.92 Å². The van der Waals surface area contributed by atoms with Gasteiger partial charge >= 0.3 is 19.2 Å². The van der Waals surface area contributed by atoms with Gasteiger partial charge in [-0.2, -0.15) is 0 Å². The van der Waals surface area contributed by atoms with Crippen molar-refractivity contribution in [2.24, 2.45) is 5.92 Å². The average molecular weight is 563 g/mol. The van der Waals surface area contributed by atoms with E-state index in [1.54, 1.807) is 4.57 Å². The quantitative estimate of drug-likeness (QED) is 0.304. The SMILES string of the molecule is CCC1=CC2CN3CCc4c(n(C(=O)OC(C)(C)C)c5ccc(B6OC(C)(C)C(C)(C)O6)cc45)C(C(=O)OC)(C2)C13. The summed E-state index contributed by atoms with van der Waals surface area (Å²) in [6.45, 7) is 17.6. The molecular weight excluding hydrogens is 519 g/mol. The zero-order valence-corrected chi connectivity index (χ0v) is 25.9. The highest BCUT2D eigenvalue weighted by molar-refractivity contribution is 6.62. The number of carbonyl (C=O) groups is 2. The smallest absolute Gasteiger partial charge is 0.468 e. The van der Waals surface area contributed by atoms with Crippen LogP contribution < -0.4 is 5.46 Å². The van der Waals surface area contributed by atoms with Crippen LogP contribution in [0.2, 0.25) is 0 Å². The molecule has 4 atom stereocenters. The van der Waals surface area contributed by atoms with Gasteiger partial charge in [0.05, 0.1) is 35.6 Å². The highest BCUT2D eigenvalue weighted by Gasteiger charge is 2.62. The zero-order valence-electron chi connectivity index (χ0n) is 25.9. The number of methoxy groups -OCH3 is 1. The lowest BCUT2D eigenvalue weighted by Crippen LogP contribution is -2.64. The molecule has 0 radical (unpaired) electrons. The summed E-state index contributed by atoms with van der Waals surface area (Å²) in [5.41, 5.74) is 1.88. The van der Waals surface area contributed by atoms with Crippen LogP contribution in [0.15, 0.2) is 29.8 Å². The predicted octanol–water partition coefficient (Wildman–Crippen LogP) is 4.73. The normalized spacial score (nSPS) is 29.6. The van der Waals surface area contributed by atoms with Gasteiger partial charge in [0.25, 0.3) is 0 Å². The molecule has 1 aliphatic carbocycles. The van der Waals surface area contributed by atoms with E-state index < -0.39 is 35.4 Å². The van der Waals surface area contributed by atoms with Crippen LogP contribution in [0.25, 0.3) is 10.9 Å². The molecule has 5 heterocycles. The van der Waals surface area contributed by atoms with Crippen molar-refractivity contribution in [3.8, 4) is 0 Å². The molecule has 4 bridgehead atoms. The predicted molar refractivity (Wildman–Crippen MR) is 159 cm³/mol. The molecule has 0 amide bonds. The van der Waals surface area contributed by atoms with E-state index in [0.717, 1.165) is 47.1 Å². The van der Waals surface area contributed by atoms with Gasteiger partial charge in [0.2, 0.25) is 0 Å². The van der Waals surface area contributed by atoms with Gasteiger partial charge in [0, 0.05) is 18.5 Å². The average Bonchev–Trinajstić information content (AvgIpc) is 3.30. The summed E-state index contributed by atoms with van der Waals surface area (Å²) in [6.07, 6.45) is 4.01. The summed E-state index contributed by atoms with van der Waals surface area (Å²) in [5.74, 6) is -0.0939. The van der Waals surface area contributed by atoms with Gasteiger partial charge < -0.3 is 18.8 Å². The van der Waals surface area contributed by atoms with Crippen molar-refractivity contribution >= 4 is 35.5 Å². The Labute approximate surface area is 243 Å². The number of fused-ring (bicyclic) bond motifs is 3. The van der Waals surface area contributed by atoms with Crippen molar-refractivity contribution in [2.45, 2.75) is 103 Å². The van der Waals surface area contributed by atoms with Crippen molar-refractivity contribution in [3.63, 3.8) is 0 Å². The molecular formula is C32H43BN2O6. The second-order valence-corrected chi connectivity index (χ2v) is 14.2. The third kappa shape index (κ3) is 4.14. The first kappa shape index (κ1) is 28.5. The van der Waals surface area contributed by atoms with E-state index in [1.807, 2.05) is 60.6 Å². The van der Waals surface area contributed by atoms with E-state index >= 15 is 0 Å². The maximum atomic E-state index is 14.1. The van der Waals surface area contributed by atoms with Gasteiger partial charge in [0.1, 0.15) is 11.0 Å². The van der Waals surface area contributed by atoms with Gasteiger partial charge in [-0.25, -0.2) is 9.36 Å². The standard InChI is InChI=1S/C32H43BN2O6/c1-10-20-15-19-17-32(27(36)38-9)25(20)34(18-19)14-13-22-23-16-21(33-40-30(5,6)31(7,8)41-33)11-12-24(23)35(26(22)32)28(37)39-29(2,3)4/h11-12,15-16,19,25H,10,13-14,17-18H2,1-9H3. The van der Waals surface area contributed by atoms with Gasteiger partial charge in [-0.05, 0) is 90.7 Å². The number of nitrogens with zero attached hydrogens (tertiary/aromatic N) is 2. The highest BCUT2D eigenvalue weighted by Crippen LogP contribution is 2.54. The molecule has 9 heteroatoms. The molecule has 220 valence electrons. The highest BCUT2D eigenvalue weighted by atomic mass is 16.7. The second kappa shape index (κ2) is 9.19.